The third kappa shape index (κ3) is 2.82. The minimum absolute atomic E-state index is 0.0838. The van der Waals surface area contributed by atoms with Gasteiger partial charge in [0.2, 0.25) is 5.91 Å². The maximum Gasteiger partial charge on any atom is 0.273 e. The van der Waals surface area contributed by atoms with E-state index in [1.807, 2.05) is 0 Å². The maximum atomic E-state index is 12.3. The smallest absolute Gasteiger partial charge is 0.273 e. The fourth-order valence-corrected chi connectivity index (χ4v) is 4.23. The number of amides is 2. The molecule has 0 saturated carbocycles. The van der Waals surface area contributed by atoms with Crippen LogP contribution in [0.5, 0.6) is 0 Å². The Labute approximate surface area is 128 Å². The number of rotatable bonds is 4. The maximum absolute atomic E-state index is 12.3. The molecule has 0 bridgehead atoms. The van der Waals surface area contributed by atoms with Gasteiger partial charge in [0.15, 0.2) is 0 Å². The average molecular weight is 330 g/mol. The highest BCUT2D eigenvalue weighted by molar-refractivity contribution is 7.92. The lowest BCUT2D eigenvalue weighted by Crippen LogP contribution is -2.68. The van der Waals surface area contributed by atoms with Gasteiger partial charge in [0.25, 0.3) is 15.9 Å². The van der Waals surface area contributed by atoms with Gasteiger partial charge in [-0.05, 0) is 24.8 Å². The number of thiophene rings is 1. The van der Waals surface area contributed by atoms with Crippen LogP contribution in [-0.2, 0) is 19.6 Å². The lowest BCUT2D eigenvalue weighted by atomic mass is 9.85. The zero-order valence-electron chi connectivity index (χ0n) is 12.1. The molecule has 1 aliphatic heterocycles. The molecule has 6 nitrogen and oxygen atoms in total. The molecule has 1 aromatic heterocycles. The first-order valence-electron chi connectivity index (χ1n) is 6.61. The fraction of sp³-hybridized carbons (Fsp3) is 0.538. The van der Waals surface area contributed by atoms with E-state index in [1.165, 1.54) is 11.0 Å². The van der Waals surface area contributed by atoms with Crippen LogP contribution in [0, 0.1) is 5.92 Å². The summed E-state index contributed by atoms with van der Waals surface area (Å²) in [5.74, 6) is -1.03. The van der Waals surface area contributed by atoms with Crippen molar-refractivity contribution in [2.45, 2.75) is 36.9 Å². The molecule has 2 amide bonds. The molecular weight excluding hydrogens is 312 g/mol. The van der Waals surface area contributed by atoms with E-state index < -0.39 is 21.5 Å². The highest BCUT2D eigenvalue weighted by Gasteiger charge is 2.50. The van der Waals surface area contributed by atoms with E-state index in [4.69, 9.17) is 0 Å². The van der Waals surface area contributed by atoms with Crippen LogP contribution in [0.25, 0.3) is 0 Å². The molecule has 1 unspecified atom stereocenters. The second-order valence-corrected chi connectivity index (χ2v) is 8.39. The van der Waals surface area contributed by atoms with Crippen molar-refractivity contribution in [2.75, 3.05) is 6.54 Å². The van der Waals surface area contributed by atoms with E-state index in [0.29, 0.717) is 13.0 Å². The Bertz CT molecular complexity index is 652. The van der Waals surface area contributed by atoms with Gasteiger partial charge in [0, 0.05) is 12.5 Å². The standard InChI is InChI=1S/C13H18N2O4S2/c1-9(2)11(16)15-7-6-13(15,3)12(17)14-21(18,19)10-5-4-8-20-10/h4-5,8-9H,6-7H2,1-3H3,(H,14,17). The molecule has 0 spiro atoms. The summed E-state index contributed by atoms with van der Waals surface area (Å²) in [6.07, 6.45) is 0.456. The Morgan fingerprint density at radius 1 is 1.43 bits per heavy atom. The van der Waals surface area contributed by atoms with Crippen molar-refractivity contribution < 1.29 is 18.0 Å². The third-order valence-corrected chi connectivity index (χ3v) is 6.38. The summed E-state index contributed by atoms with van der Waals surface area (Å²) in [5.41, 5.74) is -1.09. The number of likely N-dealkylation sites (tertiary alicyclic amines) is 1. The Balaban J connectivity index is 2.15. The molecule has 1 saturated heterocycles. The summed E-state index contributed by atoms with van der Waals surface area (Å²) < 4.78 is 26.3. The van der Waals surface area contributed by atoms with E-state index in [9.17, 15) is 18.0 Å². The van der Waals surface area contributed by atoms with E-state index in [2.05, 4.69) is 4.72 Å². The second-order valence-electron chi connectivity index (χ2n) is 5.54. The predicted octanol–water partition coefficient (Wildman–Crippen LogP) is 1.20. The first kappa shape index (κ1) is 16.0. The average Bonchev–Trinajstić information content (AvgIpc) is 2.90. The van der Waals surface area contributed by atoms with Crippen LogP contribution in [0.1, 0.15) is 27.2 Å². The summed E-state index contributed by atoms with van der Waals surface area (Å²) >= 11 is 1.04. The van der Waals surface area contributed by atoms with Gasteiger partial charge in [-0.1, -0.05) is 19.9 Å². The van der Waals surface area contributed by atoms with Crippen molar-refractivity contribution in [2.24, 2.45) is 5.92 Å². The molecule has 0 aliphatic carbocycles. The molecule has 1 atom stereocenters. The summed E-state index contributed by atoms with van der Waals surface area (Å²) in [5, 5.41) is 1.62. The lowest BCUT2D eigenvalue weighted by Gasteiger charge is -2.49. The van der Waals surface area contributed by atoms with Crippen LogP contribution < -0.4 is 4.72 Å². The molecule has 0 radical (unpaired) electrons. The number of sulfonamides is 1. The summed E-state index contributed by atoms with van der Waals surface area (Å²) in [7, 11) is -3.86. The van der Waals surface area contributed by atoms with Gasteiger partial charge in [-0.25, -0.2) is 13.1 Å². The molecule has 1 aliphatic rings. The van der Waals surface area contributed by atoms with Crippen LogP contribution in [0.15, 0.2) is 21.7 Å². The first-order chi connectivity index (χ1) is 9.68. The molecule has 21 heavy (non-hydrogen) atoms. The molecule has 2 heterocycles. The molecule has 8 heteroatoms. The van der Waals surface area contributed by atoms with Gasteiger partial charge in [-0.3, -0.25) is 9.59 Å². The van der Waals surface area contributed by atoms with Crippen LogP contribution in [0.4, 0.5) is 0 Å². The van der Waals surface area contributed by atoms with E-state index in [-0.39, 0.29) is 16.0 Å². The summed E-state index contributed by atoms with van der Waals surface area (Å²) in [6, 6.07) is 3.03. The monoisotopic (exact) mass is 330 g/mol. The Morgan fingerprint density at radius 2 is 2.10 bits per heavy atom. The van der Waals surface area contributed by atoms with Crippen LogP contribution in [0.3, 0.4) is 0 Å². The molecule has 2 rings (SSSR count). The van der Waals surface area contributed by atoms with E-state index in [0.717, 1.165) is 11.3 Å². The van der Waals surface area contributed by atoms with Crippen molar-refractivity contribution >= 4 is 33.2 Å². The second kappa shape index (κ2) is 5.42. The number of nitrogens with zero attached hydrogens (tertiary/aromatic N) is 1. The molecule has 0 aromatic carbocycles. The Kier molecular flexibility index (Phi) is 4.12. The Morgan fingerprint density at radius 3 is 2.52 bits per heavy atom. The largest absolute Gasteiger partial charge is 0.328 e. The fourth-order valence-electron chi connectivity index (χ4n) is 2.16. The minimum atomic E-state index is -3.86. The SMILES string of the molecule is CC(C)C(=O)N1CCC1(C)C(=O)NS(=O)(=O)c1cccs1. The lowest BCUT2D eigenvalue weighted by molar-refractivity contribution is -0.158. The zero-order chi connectivity index (χ0) is 15.8. The van der Waals surface area contributed by atoms with Crippen LogP contribution in [0.2, 0.25) is 0 Å². The predicted molar refractivity (Wildman–Crippen MR) is 79.2 cm³/mol. The normalized spacial score (nSPS) is 22.0. The summed E-state index contributed by atoms with van der Waals surface area (Å²) in [6.45, 7) is 5.57. The Hall–Kier alpha value is -1.41. The highest BCUT2D eigenvalue weighted by atomic mass is 32.2. The van der Waals surface area contributed by atoms with Crippen LogP contribution >= 0.6 is 11.3 Å². The van der Waals surface area contributed by atoms with Gasteiger partial charge in [-0.2, -0.15) is 0 Å². The number of carbonyl (C=O) groups excluding carboxylic acids is 2. The first-order valence-corrected chi connectivity index (χ1v) is 8.97. The zero-order valence-corrected chi connectivity index (χ0v) is 13.8. The highest BCUT2D eigenvalue weighted by Crippen LogP contribution is 2.32. The number of nitrogens with one attached hydrogen (secondary N) is 1. The summed E-state index contributed by atoms with van der Waals surface area (Å²) in [4.78, 5) is 25.8. The molecule has 1 aromatic rings. The van der Waals surface area contributed by atoms with Gasteiger partial charge < -0.3 is 4.90 Å². The van der Waals surface area contributed by atoms with Crippen molar-refractivity contribution in [1.29, 1.82) is 0 Å². The van der Waals surface area contributed by atoms with Gasteiger partial charge >= 0.3 is 0 Å². The van der Waals surface area contributed by atoms with Gasteiger partial charge in [0.1, 0.15) is 9.75 Å². The topological polar surface area (TPSA) is 83.6 Å². The number of carbonyl (C=O) groups is 2. The van der Waals surface area contributed by atoms with Gasteiger partial charge in [0.05, 0.1) is 0 Å². The molecule has 116 valence electrons. The number of hydrogen-bond donors (Lipinski definition) is 1. The van der Waals surface area contributed by atoms with E-state index in [1.54, 1.807) is 32.2 Å². The van der Waals surface area contributed by atoms with Crippen molar-refractivity contribution in [1.82, 2.24) is 9.62 Å². The molecule has 1 fully saturated rings. The molecule has 1 N–H and O–H groups in total. The van der Waals surface area contributed by atoms with E-state index >= 15 is 0 Å². The third-order valence-electron chi connectivity index (χ3n) is 3.65. The minimum Gasteiger partial charge on any atom is -0.328 e. The molecular formula is C13H18N2O4S2. The van der Waals surface area contributed by atoms with Gasteiger partial charge in [-0.15, -0.1) is 11.3 Å². The number of hydrogen-bond acceptors (Lipinski definition) is 5. The van der Waals surface area contributed by atoms with Crippen molar-refractivity contribution in [3.63, 3.8) is 0 Å². The van der Waals surface area contributed by atoms with Crippen LogP contribution in [-0.4, -0.2) is 37.2 Å². The quantitative estimate of drug-likeness (QED) is 0.899. The van der Waals surface area contributed by atoms with Crippen molar-refractivity contribution in [3.8, 4) is 0 Å². The van der Waals surface area contributed by atoms with Crippen molar-refractivity contribution in [3.05, 3.63) is 17.5 Å².